The van der Waals surface area contributed by atoms with Crippen LogP contribution in [0.15, 0.2) is 12.1 Å². The standard InChI is InChI=1S/C14H16FN3OS/c1-4-11-8(3)20-14(17-11)18-13(19)10-6-9(16)5-7(2)12(10)15/h5-6H,4,16H2,1-3H3,(H,17,18,19). The average molecular weight is 293 g/mol. The number of carbonyl (C=O) groups is 1. The number of aryl methyl sites for hydroxylation is 3. The molecule has 0 spiro atoms. The third-order valence-electron chi connectivity index (χ3n) is 2.97. The first kappa shape index (κ1) is 14.5. The summed E-state index contributed by atoms with van der Waals surface area (Å²) >= 11 is 1.38. The van der Waals surface area contributed by atoms with Gasteiger partial charge in [0.25, 0.3) is 5.91 Å². The molecule has 0 unspecified atom stereocenters. The number of thiazole rings is 1. The fourth-order valence-corrected chi connectivity index (χ4v) is 2.83. The van der Waals surface area contributed by atoms with Crippen molar-refractivity contribution >= 4 is 28.1 Å². The maximum Gasteiger partial charge on any atom is 0.260 e. The maximum absolute atomic E-state index is 14.0. The first-order valence-electron chi connectivity index (χ1n) is 6.25. The van der Waals surface area contributed by atoms with Crippen molar-refractivity contribution in [3.05, 3.63) is 39.6 Å². The summed E-state index contributed by atoms with van der Waals surface area (Å²) in [5.41, 5.74) is 7.23. The van der Waals surface area contributed by atoms with Gasteiger partial charge in [-0.1, -0.05) is 6.92 Å². The van der Waals surface area contributed by atoms with Crippen LogP contribution in [0.4, 0.5) is 15.2 Å². The van der Waals surface area contributed by atoms with E-state index in [1.165, 1.54) is 23.5 Å². The van der Waals surface area contributed by atoms with Crippen molar-refractivity contribution in [1.29, 1.82) is 0 Å². The molecule has 3 N–H and O–H groups in total. The van der Waals surface area contributed by atoms with E-state index in [0.717, 1.165) is 17.0 Å². The van der Waals surface area contributed by atoms with Crippen LogP contribution in [-0.4, -0.2) is 10.9 Å². The van der Waals surface area contributed by atoms with Crippen LogP contribution in [0.25, 0.3) is 0 Å². The number of aromatic nitrogens is 1. The fourth-order valence-electron chi connectivity index (χ4n) is 1.94. The number of nitrogen functional groups attached to an aromatic ring is 1. The van der Waals surface area contributed by atoms with Crippen LogP contribution >= 0.6 is 11.3 Å². The monoisotopic (exact) mass is 293 g/mol. The van der Waals surface area contributed by atoms with Gasteiger partial charge < -0.3 is 5.73 Å². The molecule has 0 fully saturated rings. The lowest BCUT2D eigenvalue weighted by Crippen LogP contribution is -2.15. The predicted octanol–water partition coefficient (Wildman–Crippen LogP) is 3.30. The topological polar surface area (TPSA) is 68.0 Å². The number of carbonyl (C=O) groups excluding carboxylic acids is 1. The first-order chi connectivity index (χ1) is 9.42. The Morgan fingerprint density at radius 2 is 2.15 bits per heavy atom. The molecule has 1 aromatic carbocycles. The van der Waals surface area contributed by atoms with Crippen molar-refractivity contribution in [2.75, 3.05) is 11.1 Å². The number of hydrogen-bond acceptors (Lipinski definition) is 4. The van der Waals surface area contributed by atoms with Crippen molar-refractivity contribution in [3.63, 3.8) is 0 Å². The largest absolute Gasteiger partial charge is 0.399 e. The van der Waals surface area contributed by atoms with E-state index in [2.05, 4.69) is 10.3 Å². The summed E-state index contributed by atoms with van der Waals surface area (Å²) in [6, 6.07) is 2.83. The summed E-state index contributed by atoms with van der Waals surface area (Å²) in [7, 11) is 0. The normalized spacial score (nSPS) is 10.6. The van der Waals surface area contributed by atoms with Gasteiger partial charge in [-0.05, 0) is 38.0 Å². The molecule has 0 saturated heterocycles. The van der Waals surface area contributed by atoms with Gasteiger partial charge in [0, 0.05) is 10.6 Å². The number of benzene rings is 1. The van der Waals surface area contributed by atoms with Crippen LogP contribution < -0.4 is 11.1 Å². The summed E-state index contributed by atoms with van der Waals surface area (Å²) in [5, 5.41) is 3.10. The minimum atomic E-state index is -0.555. The van der Waals surface area contributed by atoms with Crippen molar-refractivity contribution in [2.24, 2.45) is 0 Å². The predicted molar refractivity (Wildman–Crippen MR) is 79.7 cm³/mol. The van der Waals surface area contributed by atoms with Gasteiger partial charge in [-0.25, -0.2) is 9.37 Å². The number of amides is 1. The van der Waals surface area contributed by atoms with Gasteiger partial charge in [0.2, 0.25) is 0 Å². The Morgan fingerprint density at radius 1 is 1.45 bits per heavy atom. The van der Waals surface area contributed by atoms with Crippen molar-refractivity contribution < 1.29 is 9.18 Å². The van der Waals surface area contributed by atoms with Gasteiger partial charge in [0.05, 0.1) is 11.3 Å². The maximum atomic E-state index is 14.0. The van der Waals surface area contributed by atoms with Crippen molar-refractivity contribution in [2.45, 2.75) is 27.2 Å². The van der Waals surface area contributed by atoms with E-state index in [1.54, 1.807) is 6.92 Å². The fraction of sp³-hybridized carbons (Fsp3) is 0.286. The van der Waals surface area contributed by atoms with E-state index in [4.69, 9.17) is 5.73 Å². The van der Waals surface area contributed by atoms with E-state index in [-0.39, 0.29) is 5.56 Å². The van der Waals surface area contributed by atoms with Gasteiger partial charge in [-0.2, -0.15) is 0 Å². The van der Waals surface area contributed by atoms with Crippen LogP contribution in [-0.2, 0) is 6.42 Å². The number of halogens is 1. The second kappa shape index (κ2) is 5.58. The Kier molecular flexibility index (Phi) is 4.04. The quantitative estimate of drug-likeness (QED) is 0.853. The molecule has 0 saturated carbocycles. The van der Waals surface area contributed by atoms with E-state index in [9.17, 15) is 9.18 Å². The highest BCUT2D eigenvalue weighted by atomic mass is 32.1. The molecule has 0 aliphatic carbocycles. The SMILES string of the molecule is CCc1nc(NC(=O)c2cc(N)cc(C)c2F)sc1C. The Hall–Kier alpha value is -1.95. The highest BCUT2D eigenvalue weighted by molar-refractivity contribution is 7.15. The highest BCUT2D eigenvalue weighted by Crippen LogP contribution is 2.24. The lowest BCUT2D eigenvalue weighted by atomic mass is 10.1. The molecule has 1 amide bonds. The summed E-state index contributed by atoms with van der Waals surface area (Å²) in [5.74, 6) is -1.09. The molecule has 1 aromatic heterocycles. The molecule has 106 valence electrons. The molecular weight excluding hydrogens is 277 g/mol. The number of anilines is 2. The van der Waals surface area contributed by atoms with Gasteiger partial charge >= 0.3 is 0 Å². The van der Waals surface area contributed by atoms with Crippen LogP contribution in [0.3, 0.4) is 0 Å². The Balaban J connectivity index is 2.28. The van der Waals surface area contributed by atoms with Crippen LogP contribution in [0.2, 0.25) is 0 Å². The van der Waals surface area contributed by atoms with Gasteiger partial charge in [-0.15, -0.1) is 11.3 Å². The number of rotatable bonds is 3. The summed E-state index contributed by atoms with van der Waals surface area (Å²) in [4.78, 5) is 17.5. The van der Waals surface area contributed by atoms with Crippen molar-refractivity contribution in [1.82, 2.24) is 4.98 Å². The zero-order valence-electron chi connectivity index (χ0n) is 11.6. The minimum Gasteiger partial charge on any atom is -0.399 e. The molecule has 0 radical (unpaired) electrons. The van der Waals surface area contributed by atoms with E-state index < -0.39 is 11.7 Å². The summed E-state index contributed by atoms with van der Waals surface area (Å²) in [6.07, 6.45) is 0.796. The van der Waals surface area contributed by atoms with E-state index in [1.807, 2.05) is 13.8 Å². The molecule has 2 aromatic rings. The smallest absolute Gasteiger partial charge is 0.260 e. The van der Waals surface area contributed by atoms with E-state index >= 15 is 0 Å². The molecule has 0 aliphatic rings. The second-order valence-corrected chi connectivity index (χ2v) is 5.73. The Morgan fingerprint density at radius 3 is 2.75 bits per heavy atom. The highest BCUT2D eigenvalue weighted by Gasteiger charge is 2.16. The molecule has 2 rings (SSSR count). The number of hydrogen-bond donors (Lipinski definition) is 2. The summed E-state index contributed by atoms with van der Waals surface area (Å²) < 4.78 is 14.0. The molecule has 0 aliphatic heterocycles. The Bertz CT molecular complexity index is 667. The van der Waals surface area contributed by atoms with Crippen molar-refractivity contribution in [3.8, 4) is 0 Å². The van der Waals surface area contributed by atoms with E-state index in [0.29, 0.717) is 16.4 Å². The van der Waals surface area contributed by atoms with Crippen LogP contribution in [0, 0.1) is 19.7 Å². The van der Waals surface area contributed by atoms with Crippen LogP contribution in [0.5, 0.6) is 0 Å². The number of nitrogens with zero attached hydrogens (tertiary/aromatic N) is 1. The second-order valence-electron chi connectivity index (χ2n) is 4.53. The lowest BCUT2D eigenvalue weighted by molar-refractivity contribution is 0.102. The number of nitrogens with two attached hydrogens (primary N) is 1. The average Bonchev–Trinajstić information content (AvgIpc) is 2.73. The molecule has 4 nitrogen and oxygen atoms in total. The Labute approximate surface area is 120 Å². The molecule has 0 bridgehead atoms. The third-order valence-corrected chi connectivity index (χ3v) is 3.90. The van der Waals surface area contributed by atoms with Gasteiger partial charge in [0.1, 0.15) is 5.82 Å². The summed E-state index contributed by atoms with van der Waals surface area (Å²) in [6.45, 7) is 5.51. The third kappa shape index (κ3) is 2.80. The lowest BCUT2D eigenvalue weighted by Gasteiger charge is -2.06. The molecule has 1 heterocycles. The van der Waals surface area contributed by atoms with Gasteiger partial charge in [0.15, 0.2) is 5.13 Å². The molecule has 20 heavy (non-hydrogen) atoms. The van der Waals surface area contributed by atoms with Crippen LogP contribution in [0.1, 0.15) is 33.4 Å². The zero-order chi connectivity index (χ0) is 14.9. The number of nitrogens with one attached hydrogen (secondary N) is 1. The minimum absolute atomic E-state index is 0.0617. The first-order valence-corrected chi connectivity index (χ1v) is 7.07. The van der Waals surface area contributed by atoms with Gasteiger partial charge in [-0.3, -0.25) is 10.1 Å². The molecule has 6 heteroatoms. The zero-order valence-corrected chi connectivity index (χ0v) is 12.4. The molecular formula is C14H16FN3OS. The molecule has 0 atom stereocenters.